The lowest BCUT2D eigenvalue weighted by Gasteiger charge is -2.07. The van der Waals surface area contributed by atoms with Gasteiger partial charge in [-0.3, -0.25) is 0 Å². The summed E-state index contributed by atoms with van der Waals surface area (Å²) in [5, 5.41) is 0. The molecular formula is C17H16N2O3. The lowest BCUT2D eigenvalue weighted by Crippen LogP contribution is -2.17. The van der Waals surface area contributed by atoms with Gasteiger partial charge in [0.15, 0.2) is 6.61 Å². The molecule has 0 atom stereocenters. The van der Waals surface area contributed by atoms with E-state index in [4.69, 9.17) is 9.47 Å². The van der Waals surface area contributed by atoms with E-state index < -0.39 is 5.97 Å². The molecule has 0 saturated heterocycles. The fraction of sp³-hybridized carbons (Fsp3) is 0.176. The first kappa shape index (κ1) is 14.1. The summed E-state index contributed by atoms with van der Waals surface area (Å²) >= 11 is 0. The van der Waals surface area contributed by atoms with E-state index >= 15 is 0 Å². The molecule has 1 N–H and O–H groups in total. The summed E-state index contributed by atoms with van der Waals surface area (Å²) in [4.78, 5) is 18.9. The number of fused-ring (bicyclic) bond motifs is 1. The van der Waals surface area contributed by atoms with Gasteiger partial charge in [0, 0.05) is 6.07 Å². The van der Waals surface area contributed by atoms with E-state index in [0.717, 1.165) is 23.0 Å². The molecule has 5 heteroatoms. The molecule has 0 aliphatic rings. The molecule has 1 heterocycles. The molecule has 0 bridgehead atoms. The summed E-state index contributed by atoms with van der Waals surface area (Å²) in [5.41, 5.74) is 2.81. The van der Waals surface area contributed by atoms with Crippen molar-refractivity contribution in [3.05, 3.63) is 54.4 Å². The van der Waals surface area contributed by atoms with Crippen LogP contribution in [0.15, 0.2) is 48.8 Å². The predicted molar refractivity (Wildman–Crippen MR) is 83.0 cm³/mol. The second-order valence-corrected chi connectivity index (χ2v) is 4.85. The first-order valence-electron chi connectivity index (χ1n) is 7.10. The highest BCUT2D eigenvalue weighted by Crippen LogP contribution is 2.18. The van der Waals surface area contributed by atoms with Gasteiger partial charge in [-0.15, -0.1) is 0 Å². The Kier molecular flexibility index (Phi) is 4.05. The third-order valence-electron chi connectivity index (χ3n) is 3.29. The van der Waals surface area contributed by atoms with Crippen molar-refractivity contribution < 1.29 is 14.3 Å². The van der Waals surface area contributed by atoms with Crippen LogP contribution in [0.25, 0.3) is 11.0 Å². The van der Waals surface area contributed by atoms with Crippen molar-refractivity contribution in [3.63, 3.8) is 0 Å². The third-order valence-corrected chi connectivity index (χ3v) is 3.29. The Hall–Kier alpha value is -2.82. The number of esters is 1. The fourth-order valence-electron chi connectivity index (χ4n) is 2.14. The zero-order chi connectivity index (χ0) is 15.4. The van der Waals surface area contributed by atoms with Gasteiger partial charge in [0.1, 0.15) is 11.5 Å². The van der Waals surface area contributed by atoms with E-state index in [1.807, 2.05) is 24.3 Å². The molecule has 0 radical (unpaired) electrons. The zero-order valence-electron chi connectivity index (χ0n) is 12.2. The maximum atomic E-state index is 11.8. The summed E-state index contributed by atoms with van der Waals surface area (Å²) in [6.07, 6.45) is 2.52. The highest BCUT2D eigenvalue weighted by Gasteiger charge is 2.08. The number of aromatic nitrogens is 2. The Bertz CT molecular complexity index is 795. The number of carbonyl (C=O) groups is 1. The summed E-state index contributed by atoms with van der Waals surface area (Å²) in [5.74, 6) is 0.689. The molecule has 0 amide bonds. The van der Waals surface area contributed by atoms with Crippen LogP contribution in [0.2, 0.25) is 0 Å². The van der Waals surface area contributed by atoms with Crippen LogP contribution in [0.1, 0.15) is 12.5 Å². The molecule has 0 fully saturated rings. The minimum atomic E-state index is -0.444. The number of nitrogens with zero attached hydrogens (tertiary/aromatic N) is 1. The summed E-state index contributed by atoms with van der Waals surface area (Å²) in [6, 6.07) is 12.9. The number of benzene rings is 2. The van der Waals surface area contributed by atoms with Crippen LogP contribution in [0, 0.1) is 0 Å². The van der Waals surface area contributed by atoms with Gasteiger partial charge in [0.25, 0.3) is 0 Å². The van der Waals surface area contributed by atoms with Crippen molar-refractivity contribution in [1.29, 1.82) is 0 Å². The van der Waals surface area contributed by atoms with E-state index in [0.29, 0.717) is 11.5 Å². The lowest BCUT2D eigenvalue weighted by atomic mass is 10.2. The van der Waals surface area contributed by atoms with Gasteiger partial charge in [-0.05, 0) is 36.2 Å². The fourth-order valence-corrected chi connectivity index (χ4v) is 2.14. The molecule has 0 aliphatic carbocycles. The minimum Gasteiger partial charge on any atom is -0.482 e. The molecule has 0 unspecified atom stereocenters. The van der Waals surface area contributed by atoms with Crippen molar-refractivity contribution in [2.24, 2.45) is 0 Å². The number of hydrogen-bond donors (Lipinski definition) is 1. The highest BCUT2D eigenvalue weighted by molar-refractivity contribution is 5.79. The third kappa shape index (κ3) is 3.25. The van der Waals surface area contributed by atoms with Gasteiger partial charge in [0.2, 0.25) is 0 Å². The van der Waals surface area contributed by atoms with Crippen LogP contribution < -0.4 is 9.47 Å². The predicted octanol–water partition coefficient (Wildman–Crippen LogP) is 3.11. The molecular weight excluding hydrogens is 280 g/mol. The molecule has 3 aromatic rings. The summed E-state index contributed by atoms with van der Waals surface area (Å²) in [7, 11) is 0. The quantitative estimate of drug-likeness (QED) is 0.580. The average Bonchev–Trinajstić information content (AvgIpc) is 3.01. The average molecular weight is 296 g/mol. The van der Waals surface area contributed by atoms with Crippen molar-refractivity contribution in [2.75, 3.05) is 6.61 Å². The second kappa shape index (κ2) is 6.30. The maximum Gasteiger partial charge on any atom is 0.349 e. The van der Waals surface area contributed by atoms with E-state index in [9.17, 15) is 4.79 Å². The Morgan fingerprint density at radius 1 is 1.18 bits per heavy atom. The van der Waals surface area contributed by atoms with Gasteiger partial charge in [0.05, 0.1) is 17.4 Å². The Morgan fingerprint density at radius 3 is 2.95 bits per heavy atom. The van der Waals surface area contributed by atoms with Crippen molar-refractivity contribution >= 4 is 17.0 Å². The number of aryl methyl sites for hydroxylation is 1. The molecule has 22 heavy (non-hydrogen) atoms. The number of ether oxygens (including phenoxy) is 2. The largest absolute Gasteiger partial charge is 0.482 e. The number of aromatic amines is 1. The van der Waals surface area contributed by atoms with Crippen LogP contribution in [0.5, 0.6) is 11.5 Å². The first-order valence-corrected chi connectivity index (χ1v) is 7.10. The highest BCUT2D eigenvalue weighted by atomic mass is 16.6. The van der Waals surface area contributed by atoms with Crippen LogP contribution in [0.3, 0.4) is 0 Å². The molecule has 112 valence electrons. The SMILES string of the molecule is CCc1cccc(OCC(=O)Oc2ccc3nc[nH]c3c2)c1. The molecule has 1 aromatic heterocycles. The standard InChI is InChI=1S/C17H16N2O3/c1-2-12-4-3-5-13(8-12)21-10-17(20)22-14-6-7-15-16(9-14)19-11-18-15/h3-9,11H,2,10H2,1H3,(H,18,19). The van der Waals surface area contributed by atoms with E-state index in [2.05, 4.69) is 16.9 Å². The van der Waals surface area contributed by atoms with Gasteiger partial charge in [-0.25, -0.2) is 9.78 Å². The molecule has 0 aliphatic heterocycles. The minimum absolute atomic E-state index is 0.131. The summed E-state index contributed by atoms with van der Waals surface area (Å²) in [6.45, 7) is 1.94. The van der Waals surface area contributed by atoms with E-state index in [1.165, 1.54) is 0 Å². The Morgan fingerprint density at radius 2 is 2.09 bits per heavy atom. The van der Waals surface area contributed by atoms with Gasteiger partial charge in [-0.2, -0.15) is 0 Å². The van der Waals surface area contributed by atoms with Crippen molar-refractivity contribution in [2.45, 2.75) is 13.3 Å². The van der Waals surface area contributed by atoms with Crippen LogP contribution >= 0.6 is 0 Å². The van der Waals surface area contributed by atoms with E-state index in [1.54, 1.807) is 24.5 Å². The maximum absolute atomic E-state index is 11.8. The number of carbonyl (C=O) groups excluding carboxylic acids is 1. The van der Waals surface area contributed by atoms with Crippen LogP contribution in [-0.2, 0) is 11.2 Å². The van der Waals surface area contributed by atoms with E-state index in [-0.39, 0.29) is 6.61 Å². The van der Waals surface area contributed by atoms with Crippen molar-refractivity contribution in [1.82, 2.24) is 9.97 Å². The van der Waals surface area contributed by atoms with Gasteiger partial charge < -0.3 is 14.5 Å². The smallest absolute Gasteiger partial charge is 0.349 e. The normalized spacial score (nSPS) is 10.6. The van der Waals surface area contributed by atoms with Crippen LogP contribution in [0.4, 0.5) is 0 Å². The van der Waals surface area contributed by atoms with Gasteiger partial charge in [-0.1, -0.05) is 19.1 Å². The monoisotopic (exact) mass is 296 g/mol. The number of nitrogens with one attached hydrogen (secondary N) is 1. The molecule has 3 rings (SSSR count). The Labute approximate surface area is 127 Å². The Balaban J connectivity index is 1.59. The van der Waals surface area contributed by atoms with Crippen LogP contribution in [-0.4, -0.2) is 22.5 Å². The number of hydrogen-bond acceptors (Lipinski definition) is 4. The molecule has 0 spiro atoms. The molecule has 0 saturated carbocycles. The second-order valence-electron chi connectivity index (χ2n) is 4.85. The number of imidazole rings is 1. The van der Waals surface area contributed by atoms with Crippen molar-refractivity contribution in [3.8, 4) is 11.5 Å². The summed E-state index contributed by atoms with van der Waals surface area (Å²) < 4.78 is 10.7. The lowest BCUT2D eigenvalue weighted by molar-refractivity contribution is -0.136. The molecule has 2 aromatic carbocycles. The zero-order valence-corrected chi connectivity index (χ0v) is 12.2. The topological polar surface area (TPSA) is 64.2 Å². The van der Waals surface area contributed by atoms with Gasteiger partial charge >= 0.3 is 5.97 Å². The number of H-pyrrole nitrogens is 1. The molecule has 5 nitrogen and oxygen atoms in total. The first-order chi connectivity index (χ1) is 10.7. The number of rotatable bonds is 5.